The number of nitrogens with two attached hydrogens (primary N) is 1. The predicted octanol–water partition coefficient (Wildman–Crippen LogP) is 0.960. The Kier molecular flexibility index (Phi) is 5.92. The standard InChI is InChI=1S/C13H27N3O/c1-4-5-6-11(14)13(17)15-12-7-8-16(3)9-10(12)2/h10-12H,4-9,14H2,1-3H3,(H,15,17)/t10?,11-,12?/m0/s1. The van der Waals surface area contributed by atoms with Crippen LogP contribution in [-0.2, 0) is 4.79 Å². The summed E-state index contributed by atoms with van der Waals surface area (Å²) in [5.41, 5.74) is 5.87. The molecular formula is C13H27N3O. The molecule has 1 aliphatic heterocycles. The van der Waals surface area contributed by atoms with Crippen molar-refractivity contribution in [1.29, 1.82) is 0 Å². The third kappa shape index (κ3) is 4.64. The molecule has 1 aliphatic rings. The second kappa shape index (κ2) is 6.97. The molecule has 0 aromatic carbocycles. The van der Waals surface area contributed by atoms with Crippen LogP contribution in [0.4, 0.5) is 0 Å². The summed E-state index contributed by atoms with van der Waals surface area (Å²) in [6.07, 6.45) is 3.94. The minimum Gasteiger partial charge on any atom is -0.352 e. The Morgan fingerprint density at radius 2 is 2.29 bits per heavy atom. The number of rotatable bonds is 5. The van der Waals surface area contributed by atoms with Crippen LogP contribution in [0.5, 0.6) is 0 Å². The third-order valence-electron chi connectivity index (χ3n) is 3.64. The van der Waals surface area contributed by atoms with Gasteiger partial charge in [-0.1, -0.05) is 26.7 Å². The van der Waals surface area contributed by atoms with Gasteiger partial charge in [-0.15, -0.1) is 0 Å². The van der Waals surface area contributed by atoms with Crippen LogP contribution in [0, 0.1) is 5.92 Å². The largest absolute Gasteiger partial charge is 0.352 e. The van der Waals surface area contributed by atoms with Crippen LogP contribution >= 0.6 is 0 Å². The van der Waals surface area contributed by atoms with E-state index in [1.54, 1.807) is 0 Å². The molecule has 100 valence electrons. The van der Waals surface area contributed by atoms with Gasteiger partial charge < -0.3 is 16.0 Å². The number of hydrogen-bond acceptors (Lipinski definition) is 3. The fraction of sp³-hybridized carbons (Fsp3) is 0.923. The SMILES string of the molecule is CCCC[C@H](N)C(=O)NC1CCN(C)CC1C. The quantitative estimate of drug-likeness (QED) is 0.754. The zero-order valence-electron chi connectivity index (χ0n) is 11.4. The number of carbonyl (C=O) groups excluding carboxylic acids is 1. The highest BCUT2D eigenvalue weighted by Gasteiger charge is 2.26. The highest BCUT2D eigenvalue weighted by Crippen LogP contribution is 2.15. The van der Waals surface area contributed by atoms with Gasteiger partial charge in [-0.25, -0.2) is 0 Å². The monoisotopic (exact) mass is 241 g/mol. The number of nitrogens with one attached hydrogen (secondary N) is 1. The van der Waals surface area contributed by atoms with E-state index in [-0.39, 0.29) is 11.9 Å². The minimum absolute atomic E-state index is 0.0276. The third-order valence-corrected chi connectivity index (χ3v) is 3.64. The topological polar surface area (TPSA) is 58.4 Å². The Morgan fingerprint density at radius 1 is 1.59 bits per heavy atom. The molecule has 0 spiro atoms. The predicted molar refractivity (Wildman–Crippen MR) is 70.7 cm³/mol. The van der Waals surface area contributed by atoms with E-state index in [0.29, 0.717) is 12.0 Å². The smallest absolute Gasteiger partial charge is 0.237 e. The first-order chi connectivity index (χ1) is 8.04. The molecular weight excluding hydrogens is 214 g/mol. The van der Waals surface area contributed by atoms with E-state index in [9.17, 15) is 4.79 Å². The van der Waals surface area contributed by atoms with Crippen molar-refractivity contribution < 1.29 is 4.79 Å². The lowest BCUT2D eigenvalue weighted by Crippen LogP contribution is -2.52. The van der Waals surface area contributed by atoms with Crippen LogP contribution in [0.25, 0.3) is 0 Å². The average Bonchev–Trinajstić information content (AvgIpc) is 2.29. The summed E-state index contributed by atoms with van der Waals surface area (Å²) in [6.45, 7) is 6.41. The van der Waals surface area contributed by atoms with Gasteiger partial charge in [-0.2, -0.15) is 0 Å². The van der Waals surface area contributed by atoms with Crippen LogP contribution in [0.15, 0.2) is 0 Å². The summed E-state index contributed by atoms with van der Waals surface area (Å²) >= 11 is 0. The van der Waals surface area contributed by atoms with Crippen molar-refractivity contribution in [3.05, 3.63) is 0 Å². The first-order valence-corrected chi connectivity index (χ1v) is 6.79. The Hall–Kier alpha value is -0.610. The van der Waals surface area contributed by atoms with E-state index in [1.807, 2.05) is 0 Å². The first kappa shape index (κ1) is 14.5. The molecule has 4 nitrogen and oxygen atoms in total. The van der Waals surface area contributed by atoms with Gasteiger partial charge in [0, 0.05) is 12.6 Å². The molecule has 3 atom stereocenters. The summed E-state index contributed by atoms with van der Waals surface area (Å²) in [5, 5.41) is 3.11. The minimum atomic E-state index is -0.332. The van der Waals surface area contributed by atoms with E-state index in [0.717, 1.165) is 38.8 Å². The number of likely N-dealkylation sites (tertiary alicyclic amines) is 1. The zero-order chi connectivity index (χ0) is 12.8. The molecule has 0 aromatic rings. The van der Waals surface area contributed by atoms with Gasteiger partial charge in [0.05, 0.1) is 6.04 Å². The maximum Gasteiger partial charge on any atom is 0.237 e. The molecule has 3 N–H and O–H groups in total. The lowest BCUT2D eigenvalue weighted by molar-refractivity contribution is -0.123. The van der Waals surface area contributed by atoms with Gasteiger partial charge in [0.2, 0.25) is 5.91 Å². The van der Waals surface area contributed by atoms with Crippen molar-refractivity contribution in [2.45, 2.75) is 51.6 Å². The van der Waals surface area contributed by atoms with Gasteiger partial charge in [-0.3, -0.25) is 4.79 Å². The molecule has 17 heavy (non-hydrogen) atoms. The Bertz CT molecular complexity index is 245. The second-order valence-corrected chi connectivity index (χ2v) is 5.39. The molecule has 2 unspecified atom stereocenters. The van der Waals surface area contributed by atoms with Crippen molar-refractivity contribution in [1.82, 2.24) is 10.2 Å². The molecule has 4 heteroatoms. The van der Waals surface area contributed by atoms with Gasteiger partial charge >= 0.3 is 0 Å². The van der Waals surface area contributed by atoms with Gasteiger partial charge in [-0.05, 0) is 32.4 Å². The molecule has 0 aromatic heterocycles. The molecule has 0 saturated carbocycles. The van der Waals surface area contributed by atoms with E-state index in [1.165, 1.54) is 0 Å². The molecule has 1 fully saturated rings. The molecule has 1 rings (SSSR count). The molecule has 1 heterocycles. The molecule has 1 saturated heterocycles. The summed E-state index contributed by atoms with van der Waals surface area (Å²) in [5.74, 6) is 0.538. The van der Waals surface area contributed by atoms with Crippen molar-refractivity contribution >= 4 is 5.91 Å². The van der Waals surface area contributed by atoms with Gasteiger partial charge in [0.25, 0.3) is 0 Å². The van der Waals surface area contributed by atoms with E-state index in [4.69, 9.17) is 5.73 Å². The summed E-state index contributed by atoms with van der Waals surface area (Å²) in [4.78, 5) is 14.2. The number of carbonyl (C=O) groups is 1. The molecule has 0 aliphatic carbocycles. The average molecular weight is 241 g/mol. The number of nitrogens with zero attached hydrogens (tertiary/aromatic N) is 1. The summed E-state index contributed by atoms with van der Waals surface area (Å²) in [6, 6.07) is -0.0341. The van der Waals surface area contributed by atoms with Crippen LogP contribution in [0.3, 0.4) is 0 Å². The van der Waals surface area contributed by atoms with Crippen molar-refractivity contribution in [3.8, 4) is 0 Å². The second-order valence-electron chi connectivity index (χ2n) is 5.39. The fourth-order valence-electron chi connectivity index (χ4n) is 2.41. The van der Waals surface area contributed by atoms with Crippen LogP contribution in [0.1, 0.15) is 39.5 Å². The lowest BCUT2D eigenvalue weighted by atomic mass is 9.94. The Morgan fingerprint density at radius 3 is 2.88 bits per heavy atom. The summed E-state index contributed by atoms with van der Waals surface area (Å²) in [7, 11) is 2.13. The molecule has 0 bridgehead atoms. The van der Waals surface area contributed by atoms with Crippen molar-refractivity contribution in [2.75, 3.05) is 20.1 Å². The lowest BCUT2D eigenvalue weighted by Gasteiger charge is -2.35. The molecule has 1 amide bonds. The summed E-state index contributed by atoms with van der Waals surface area (Å²) < 4.78 is 0. The zero-order valence-corrected chi connectivity index (χ0v) is 11.4. The number of unbranched alkanes of at least 4 members (excludes halogenated alkanes) is 1. The van der Waals surface area contributed by atoms with E-state index in [2.05, 4.69) is 31.1 Å². The van der Waals surface area contributed by atoms with Crippen LogP contribution in [0.2, 0.25) is 0 Å². The van der Waals surface area contributed by atoms with Crippen LogP contribution < -0.4 is 11.1 Å². The van der Waals surface area contributed by atoms with Gasteiger partial charge in [0.1, 0.15) is 0 Å². The number of hydrogen-bond donors (Lipinski definition) is 2. The van der Waals surface area contributed by atoms with Gasteiger partial charge in [0.15, 0.2) is 0 Å². The molecule has 0 radical (unpaired) electrons. The van der Waals surface area contributed by atoms with Crippen molar-refractivity contribution in [3.63, 3.8) is 0 Å². The maximum absolute atomic E-state index is 11.9. The number of piperidine rings is 1. The highest BCUT2D eigenvalue weighted by atomic mass is 16.2. The Labute approximate surface area is 105 Å². The fourth-order valence-corrected chi connectivity index (χ4v) is 2.41. The van der Waals surface area contributed by atoms with Crippen molar-refractivity contribution in [2.24, 2.45) is 11.7 Å². The normalized spacial score (nSPS) is 27.8. The van der Waals surface area contributed by atoms with E-state index < -0.39 is 0 Å². The maximum atomic E-state index is 11.9. The van der Waals surface area contributed by atoms with Crippen LogP contribution in [-0.4, -0.2) is 43.0 Å². The van der Waals surface area contributed by atoms with E-state index >= 15 is 0 Å². The highest BCUT2D eigenvalue weighted by molar-refractivity contribution is 5.81. The number of amides is 1. The first-order valence-electron chi connectivity index (χ1n) is 6.79. The Balaban J connectivity index is 2.34.